The van der Waals surface area contributed by atoms with E-state index in [4.69, 9.17) is 14.3 Å². The lowest BCUT2D eigenvalue weighted by Gasteiger charge is -2.17. The smallest absolute Gasteiger partial charge is 0.273 e. The molecule has 0 aliphatic heterocycles. The van der Waals surface area contributed by atoms with Crippen LogP contribution >= 0.6 is 0 Å². The minimum absolute atomic E-state index is 0. The van der Waals surface area contributed by atoms with Crippen molar-refractivity contribution in [2.45, 2.75) is 46.0 Å². The van der Waals surface area contributed by atoms with Gasteiger partial charge in [0, 0.05) is 13.5 Å². The van der Waals surface area contributed by atoms with E-state index < -0.39 is 0 Å². The summed E-state index contributed by atoms with van der Waals surface area (Å²) in [5, 5.41) is 6.98. The van der Waals surface area contributed by atoms with Gasteiger partial charge in [-0.2, -0.15) is 0 Å². The molecule has 0 fully saturated rings. The van der Waals surface area contributed by atoms with Gasteiger partial charge in [-0.1, -0.05) is 37.2 Å². The van der Waals surface area contributed by atoms with Crippen LogP contribution in [0, 0.1) is 5.92 Å². The van der Waals surface area contributed by atoms with E-state index in [1.807, 2.05) is 24.3 Å². The van der Waals surface area contributed by atoms with Crippen LogP contribution in [0.2, 0.25) is 0 Å². The number of aryl methyl sites for hydroxylation is 2. The van der Waals surface area contributed by atoms with E-state index in [9.17, 15) is 4.79 Å². The van der Waals surface area contributed by atoms with Gasteiger partial charge in [-0.25, -0.2) is 0 Å². The SMILES string of the molecule is CO/N=C(\C(=O)NCCc1ccc(OCC(C)C)c(OC)c1)c1ccc2c(c1)CCCC2.[HH]. The third kappa shape index (κ3) is 6.25. The molecule has 0 unspecified atom stereocenters. The molecule has 1 aliphatic rings. The lowest BCUT2D eigenvalue weighted by Crippen LogP contribution is -2.33. The normalized spacial score (nSPS) is 13.5. The lowest BCUT2D eigenvalue weighted by atomic mass is 9.89. The number of ether oxygens (including phenoxy) is 2. The van der Waals surface area contributed by atoms with Crippen molar-refractivity contribution in [3.05, 3.63) is 58.7 Å². The molecule has 174 valence electrons. The molecular weight excluding hydrogens is 404 g/mol. The molecule has 0 saturated heterocycles. The predicted octanol–water partition coefficient (Wildman–Crippen LogP) is 4.56. The molecule has 1 N–H and O–H groups in total. The molecule has 3 rings (SSSR count). The molecule has 2 aromatic rings. The number of hydrogen-bond donors (Lipinski definition) is 1. The molecule has 6 heteroatoms. The zero-order chi connectivity index (χ0) is 22.9. The Hall–Kier alpha value is -3.02. The number of fused-ring (bicyclic) bond motifs is 1. The Kier molecular flexibility index (Phi) is 8.54. The molecule has 0 heterocycles. The van der Waals surface area contributed by atoms with Crippen LogP contribution in [-0.2, 0) is 28.9 Å². The van der Waals surface area contributed by atoms with Gasteiger partial charge in [0.1, 0.15) is 7.11 Å². The monoisotopic (exact) mass is 440 g/mol. The summed E-state index contributed by atoms with van der Waals surface area (Å²) in [5.41, 5.74) is 4.82. The number of oxime groups is 1. The Morgan fingerprint density at radius 2 is 1.84 bits per heavy atom. The van der Waals surface area contributed by atoms with E-state index in [1.54, 1.807) is 7.11 Å². The molecule has 0 radical (unpaired) electrons. The number of nitrogens with zero attached hydrogens (tertiary/aromatic N) is 1. The van der Waals surface area contributed by atoms with Gasteiger partial charge in [-0.3, -0.25) is 4.79 Å². The van der Waals surface area contributed by atoms with Crippen molar-refractivity contribution < 1.29 is 20.5 Å². The summed E-state index contributed by atoms with van der Waals surface area (Å²) in [6.07, 6.45) is 5.22. The van der Waals surface area contributed by atoms with Crippen molar-refractivity contribution in [2.75, 3.05) is 27.4 Å². The van der Waals surface area contributed by atoms with Crippen molar-refractivity contribution in [3.63, 3.8) is 0 Å². The summed E-state index contributed by atoms with van der Waals surface area (Å²) in [7, 11) is 3.09. The highest BCUT2D eigenvalue weighted by Crippen LogP contribution is 2.28. The van der Waals surface area contributed by atoms with Gasteiger partial charge in [0.2, 0.25) is 0 Å². The van der Waals surface area contributed by atoms with Crippen molar-refractivity contribution in [3.8, 4) is 11.5 Å². The first-order valence-corrected chi connectivity index (χ1v) is 11.3. The number of methoxy groups -OCH3 is 1. The van der Waals surface area contributed by atoms with Gasteiger partial charge in [0.25, 0.3) is 5.91 Å². The largest absolute Gasteiger partial charge is 0.493 e. The van der Waals surface area contributed by atoms with E-state index in [-0.39, 0.29) is 7.33 Å². The minimum atomic E-state index is -0.244. The number of rotatable bonds is 10. The first-order chi connectivity index (χ1) is 15.5. The number of nitrogens with one attached hydrogen (secondary N) is 1. The van der Waals surface area contributed by atoms with Crippen LogP contribution in [0.25, 0.3) is 0 Å². The van der Waals surface area contributed by atoms with Crippen molar-refractivity contribution in [2.24, 2.45) is 11.1 Å². The van der Waals surface area contributed by atoms with Crippen molar-refractivity contribution in [1.29, 1.82) is 0 Å². The Labute approximate surface area is 192 Å². The van der Waals surface area contributed by atoms with Crippen molar-refractivity contribution >= 4 is 11.6 Å². The van der Waals surface area contributed by atoms with E-state index >= 15 is 0 Å². The van der Waals surface area contributed by atoms with E-state index in [0.717, 1.165) is 29.7 Å². The Balaban J connectivity index is 0.00000385. The summed E-state index contributed by atoms with van der Waals surface area (Å²) in [6, 6.07) is 12.0. The van der Waals surface area contributed by atoms with Crippen LogP contribution < -0.4 is 14.8 Å². The van der Waals surface area contributed by atoms with E-state index in [1.165, 1.54) is 31.1 Å². The molecule has 1 aliphatic carbocycles. The Morgan fingerprint density at radius 3 is 2.56 bits per heavy atom. The lowest BCUT2D eigenvalue weighted by molar-refractivity contribution is -0.114. The average molecular weight is 441 g/mol. The molecule has 0 spiro atoms. The number of amides is 1. The fourth-order valence-electron chi connectivity index (χ4n) is 3.84. The second kappa shape index (κ2) is 11.6. The summed E-state index contributed by atoms with van der Waals surface area (Å²) < 4.78 is 11.3. The molecule has 0 aromatic heterocycles. The molecular formula is C26H36N2O4. The third-order valence-electron chi connectivity index (χ3n) is 5.52. The standard InChI is InChI=1S/C26H34N2O4.H2/c1-18(2)17-32-23-12-9-19(15-24(23)30-3)13-14-27-26(29)25(28-31-4)22-11-10-20-7-5-6-8-21(20)16-22;/h9-12,15-16,18H,5-8,13-14,17H2,1-4H3,(H,27,29);1H/b28-25-;. The van der Waals surface area contributed by atoms with Gasteiger partial charge in [0.15, 0.2) is 17.2 Å². The minimum Gasteiger partial charge on any atom is -0.493 e. The number of carbonyl (C=O) groups excluding carboxylic acids is 1. The number of hydrogen-bond acceptors (Lipinski definition) is 5. The molecule has 1 amide bonds. The molecule has 6 nitrogen and oxygen atoms in total. The summed E-state index contributed by atoms with van der Waals surface area (Å²) >= 11 is 0. The Morgan fingerprint density at radius 1 is 1.06 bits per heavy atom. The summed E-state index contributed by atoms with van der Waals surface area (Å²) in [6.45, 7) is 5.32. The molecule has 0 bridgehead atoms. The van der Waals surface area contributed by atoms with Crippen LogP contribution in [0.3, 0.4) is 0 Å². The maximum Gasteiger partial charge on any atom is 0.273 e. The summed E-state index contributed by atoms with van der Waals surface area (Å²) in [4.78, 5) is 17.8. The van der Waals surface area contributed by atoms with Gasteiger partial charge < -0.3 is 19.6 Å². The van der Waals surface area contributed by atoms with Crippen LogP contribution in [0.4, 0.5) is 0 Å². The first kappa shape index (κ1) is 23.6. The maximum absolute atomic E-state index is 12.9. The van der Waals surface area contributed by atoms with Gasteiger partial charge >= 0.3 is 0 Å². The summed E-state index contributed by atoms with van der Waals surface area (Å²) in [5.74, 6) is 1.63. The Bertz CT molecular complexity index is 959. The fraction of sp³-hybridized carbons (Fsp3) is 0.462. The second-order valence-electron chi connectivity index (χ2n) is 8.51. The van der Waals surface area contributed by atoms with Crippen LogP contribution in [0.1, 0.15) is 50.4 Å². The number of benzene rings is 2. The highest BCUT2D eigenvalue weighted by atomic mass is 16.6. The zero-order valence-corrected chi connectivity index (χ0v) is 19.6. The highest BCUT2D eigenvalue weighted by molar-refractivity contribution is 6.45. The van der Waals surface area contributed by atoms with E-state index in [0.29, 0.717) is 37.0 Å². The zero-order valence-electron chi connectivity index (χ0n) is 19.6. The topological polar surface area (TPSA) is 69.2 Å². The fourth-order valence-corrected chi connectivity index (χ4v) is 3.84. The van der Waals surface area contributed by atoms with Gasteiger partial charge in [-0.05, 0) is 72.9 Å². The van der Waals surface area contributed by atoms with Crippen LogP contribution in [0.5, 0.6) is 11.5 Å². The van der Waals surface area contributed by atoms with E-state index in [2.05, 4.69) is 36.5 Å². The van der Waals surface area contributed by atoms with Crippen molar-refractivity contribution in [1.82, 2.24) is 5.32 Å². The van der Waals surface area contributed by atoms with Crippen LogP contribution in [0.15, 0.2) is 41.6 Å². The average Bonchev–Trinajstić information content (AvgIpc) is 2.81. The highest BCUT2D eigenvalue weighted by Gasteiger charge is 2.18. The van der Waals surface area contributed by atoms with Crippen LogP contribution in [-0.4, -0.2) is 39.0 Å². The first-order valence-electron chi connectivity index (χ1n) is 11.3. The molecule has 0 atom stereocenters. The van der Waals surface area contributed by atoms with Gasteiger partial charge in [0.05, 0.1) is 13.7 Å². The molecule has 2 aromatic carbocycles. The third-order valence-corrected chi connectivity index (χ3v) is 5.52. The second-order valence-corrected chi connectivity index (χ2v) is 8.51. The molecule has 32 heavy (non-hydrogen) atoms. The maximum atomic E-state index is 12.9. The molecule has 0 saturated carbocycles. The predicted molar refractivity (Wildman–Crippen MR) is 129 cm³/mol. The van der Waals surface area contributed by atoms with Gasteiger partial charge in [-0.15, -0.1) is 0 Å². The quantitative estimate of drug-likeness (QED) is 0.434. The number of carbonyl (C=O) groups is 1.